The number of alkyl halides is 4. The third-order valence-electron chi connectivity index (χ3n) is 3.81. The van der Waals surface area contributed by atoms with E-state index < -0.39 is 12.2 Å². The molecular formula is C14H15F4NO2. The van der Waals surface area contributed by atoms with Crippen LogP contribution in [0.4, 0.5) is 17.6 Å². The van der Waals surface area contributed by atoms with Crippen molar-refractivity contribution in [3.8, 4) is 11.5 Å². The second kappa shape index (κ2) is 5.05. The van der Waals surface area contributed by atoms with Crippen LogP contribution in [-0.2, 0) is 6.42 Å². The summed E-state index contributed by atoms with van der Waals surface area (Å²) in [5, 5.41) is 3.24. The number of hydrogen-bond acceptors (Lipinski definition) is 3. The molecule has 0 unspecified atom stereocenters. The predicted molar refractivity (Wildman–Crippen MR) is 66.9 cm³/mol. The van der Waals surface area contributed by atoms with Gasteiger partial charge < -0.3 is 14.8 Å². The summed E-state index contributed by atoms with van der Waals surface area (Å²) in [6.45, 7) is 1.86. The number of piperidine rings is 1. The molecule has 1 aromatic carbocycles. The Morgan fingerprint density at radius 3 is 2.29 bits per heavy atom. The van der Waals surface area contributed by atoms with Gasteiger partial charge in [-0.25, -0.2) is 0 Å². The fourth-order valence-corrected chi connectivity index (χ4v) is 2.66. The Kier molecular flexibility index (Phi) is 3.47. The van der Waals surface area contributed by atoms with Gasteiger partial charge in [0.1, 0.15) is 0 Å². The Hall–Kier alpha value is -1.50. The summed E-state index contributed by atoms with van der Waals surface area (Å²) in [5.41, 5.74) is 0.783. The zero-order valence-corrected chi connectivity index (χ0v) is 11.2. The second-order valence-electron chi connectivity index (χ2n) is 5.42. The standard InChI is InChI=1S/C14H15F4NO2/c15-13(16)14(17,18)21-12-8-10(1-2-11(12)20-13)7-9-3-5-19-6-4-9/h1-2,8-9,19H,3-7H2. The van der Waals surface area contributed by atoms with Gasteiger partial charge in [0.25, 0.3) is 0 Å². The number of hydrogen-bond donors (Lipinski definition) is 1. The fourth-order valence-electron chi connectivity index (χ4n) is 2.66. The Balaban J connectivity index is 1.79. The minimum Gasteiger partial charge on any atom is -0.421 e. The number of rotatable bonds is 2. The van der Waals surface area contributed by atoms with Crippen molar-refractivity contribution in [2.24, 2.45) is 5.92 Å². The van der Waals surface area contributed by atoms with Gasteiger partial charge in [-0.15, -0.1) is 0 Å². The van der Waals surface area contributed by atoms with Gasteiger partial charge in [0.2, 0.25) is 0 Å². The molecule has 0 aliphatic carbocycles. The maximum absolute atomic E-state index is 13.1. The van der Waals surface area contributed by atoms with Crippen molar-refractivity contribution < 1.29 is 27.0 Å². The summed E-state index contributed by atoms with van der Waals surface area (Å²) in [5.74, 6) is -0.242. The minimum atomic E-state index is -4.66. The van der Waals surface area contributed by atoms with Crippen molar-refractivity contribution in [2.75, 3.05) is 13.1 Å². The van der Waals surface area contributed by atoms with Crippen LogP contribution < -0.4 is 14.8 Å². The summed E-state index contributed by atoms with van der Waals surface area (Å²) in [6, 6.07) is 4.24. The highest BCUT2D eigenvalue weighted by molar-refractivity contribution is 5.44. The molecule has 1 saturated heterocycles. The second-order valence-corrected chi connectivity index (χ2v) is 5.42. The summed E-state index contributed by atoms with van der Waals surface area (Å²) < 4.78 is 60.6. The molecular weight excluding hydrogens is 290 g/mol. The molecule has 0 atom stereocenters. The van der Waals surface area contributed by atoms with Crippen LogP contribution in [0.25, 0.3) is 0 Å². The van der Waals surface area contributed by atoms with Gasteiger partial charge >= 0.3 is 12.2 Å². The van der Waals surface area contributed by atoms with Gasteiger partial charge in [0.15, 0.2) is 11.5 Å². The third kappa shape index (κ3) is 2.79. The highest BCUT2D eigenvalue weighted by Crippen LogP contribution is 2.47. The minimum absolute atomic E-state index is 0.336. The molecule has 116 valence electrons. The molecule has 0 radical (unpaired) electrons. The Morgan fingerprint density at radius 1 is 1.00 bits per heavy atom. The lowest BCUT2D eigenvalue weighted by molar-refractivity contribution is -0.391. The number of halogens is 4. The summed E-state index contributed by atoms with van der Waals surface area (Å²) >= 11 is 0. The molecule has 0 aromatic heterocycles. The molecule has 3 rings (SSSR count). The van der Waals surface area contributed by atoms with Crippen molar-refractivity contribution in [3.05, 3.63) is 23.8 Å². The van der Waals surface area contributed by atoms with Gasteiger partial charge in [-0.3, -0.25) is 0 Å². The molecule has 2 aliphatic heterocycles. The zero-order chi connectivity index (χ0) is 15.1. The van der Waals surface area contributed by atoms with E-state index in [1.807, 2.05) is 0 Å². The SMILES string of the molecule is FC1(F)Oc2ccc(CC3CCNCC3)cc2OC1(F)F. The molecule has 1 fully saturated rings. The van der Waals surface area contributed by atoms with Gasteiger partial charge in [0, 0.05) is 0 Å². The maximum atomic E-state index is 13.1. The molecule has 0 saturated carbocycles. The zero-order valence-electron chi connectivity index (χ0n) is 11.2. The van der Waals surface area contributed by atoms with Crippen molar-refractivity contribution >= 4 is 0 Å². The van der Waals surface area contributed by atoms with E-state index in [9.17, 15) is 17.6 Å². The van der Waals surface area contributed by atoms with E-state index in [0.29, 0.717) is 12.3 Å². The van der Waals surface area contributed by atoms with Crippen molar-refractivity contribution in [2.45, 2.75) is 31.5 Å². The van der Waals surface area contributed by atoms with Crippen LogP contribution in [0.1, 0.15) is 18.4 Å². The number of fused-ring (bicyclic) bond motifs is 1. The average Bonchev–Trinajstić information content (AvgIpc) is 2.41. The molecule has 0 bridgehead atoms. The summed E-state index contributed by atoms with van der Waals surface area (Å²) in [4.78, 5) is 0. The van der Waals surface area contributed by atoms with Crippen LogP contribution in [0.5, 0.6) is 11.5 Å². The van der Waals surface area contributed by atoms with E-state index in [-0.39, 0.29) is 11.5 Å². The maximum Gasteiger partial charge on any atom is 0.507 e. The molecule has 1 N–H and O–H groups in total. The number of benzene rings is 1. The fraction of sp³-hybridized carbons (Fsp3) is 0.571. The van der Waals surface area contributed by atoms with Crippen LogP contribution >= 0.6 is 0 Å². The highest BCUT2D eigenvalue weighted by atomic mass is 19.3. The van der Waals surface area contributed by atoms with Gasteiger partial charge in [-0.05, 0) is 56.0 Å². The van der Waals surface area contributed by atoms with Crippen LogP contribution in [0.3, 0.4) is 0 Å². The lowest BCUT2D eigenvalue weighted by Gasteiger charge is -2.32. The van der Waals surface area contributed by atoms with Gasteiger partial charge in [-0.2, -0.15) is 17.6 Å². The molecule has 7 heteroatoms. The average molecular weight is 305 g/mol. The Morgan fingerprint density at radius 2 is 1.62 bits per heavy atom. The molecule has 0 spiro atoms. The summed E-state index contributed by atoms with van der Waals surface area (Å²) in [7, 11) is 0. The van der Waals surface area contributed by atoms with E-state index >= 15 is 0 Å². The van der Waals surface area contributed by atoms with E-state index in [1.165, 1.54) is 12.1 Å². The van der Waals surface area contributed by atoms with Gasteiger partial charge in [-0.1, -0.05) is 6.07 Å². The first-order chi connectivity index (χ1) is 9.87. The monoisotopic (exact) mass is 305 g/mol. The normalized spacial score (nSPS) is 23.8. The molecule has 3 nitrogen and oxygen atoms in total. The van der Waals surface area contributed by atoms with Crippen LogP contribution in [0.2, 0.25) is 0 Å². The molecule has 0 amide bonds. The lowest BCUT2D eigenvalue weighted by atomic mass is 9.91. The van der Waals surface area contributed by atoms with E-state index in [4.69, 9.17) is 0 Å². The first-order valence-electron chi connectivity index (χ1n) is 6.85. The number of ether oxygens (including phenoxy) is 2. The van der Waals surface area contributed by atoms with Crippen molar-refractivity contribution in [3.63, 3.8) is 0 Å². The molecule has 2 aliphatic rings. The van der Waals surface area contributed by atoms with E-state index in [1.54, 1.807) is 6.07 Å². The first-order valence-corrected chi connectivity index (χ1v) is 6.85. The Labute approximate surface area is 119 Å². The van der Waals surface area contributed by atoms with Crippen LogP contribution in [0, 0.1) is 5.92 Å². The van der Waals surface area contributed by atoms with Crippen molar-refractivity contribution in [1.29, 1.82) is 0 Å². The highest BCUT2D eigenvalue weighted by Gasteiger charge is 2.65. The third-order valence-corrected chi connectivity index (χ3v) is 3.81. The summed E-state index contributed by atoms with van der Waals surface area (Å²) in [6.07, 6.45) is -6.60. The van der Waals surface area contributed by atoms with Crippen LogP contribution in [0.15, 0.2) is 18.2 Å². The molecule has 1 aromatic rings. The molecule has 21 heavy (non-hydrogen) atoms. The number of nitrogens with one attached hydrogen (secondary N) is 1. The topological polar surface area (TPSA) is 30.5 Å². The first kappa shape index (κ1) is 14.4. The largest absolute Gasteiger partial charge is 0.507 e. The lowest BCUT2D eigenvalue weighted by Crippen LogP contribution is -2.52. The smallest absolute Gasteiger partial charge is 0.421 e. The van der Waals surface area contributed by atoms with E-state index in [2.05, 4.69) is 14.8 Å². The van der Waals surface area contributed by atoms with Crippen LogP contribution in [-0.4, -0.2) is 25.3 Å². The van der Waals surface area contributed by atoms with Crippen molar-refractivity contribution in [1.82, 2.24) is 5.32 Å². The molecule has 2 heterocycles. The predicted octanol–water partition coefficient (Wildman–Crippen LogP) is 3.19. The Bertz CT molecular complexity index is 530. The van der Waals surface area contributed by atoms with E-state index in [0.717, 1.165) is 31.5 Å². The quantitative estimate of drug-likeness (QED) is 0.851. The van der Waals surface area contributed by atoms with Gasteiger partial charge in [0.05, 0.1) is 0 Å².